The van der Waals surface area contributed by atoms with Crippen molar-refractivity contribution >= 4 is 69.7 Å². The lowest BCUT2D eigenvalue weighted by molar-refractivity contribution is -0.127. The smallest absolute Gasteiger partial charge is 0.251 e. The van der Waals surface area contributed by atoms with Crippen LogP contribution in [0.1, 0.15) is 134 Å². The maximum absolute atomic E-state index is 13.1. The first-order valence-electron chi connectivity index (χ1n) is 28.2. The average Bonchev–Trinajstić information content (AvgIpc) is 4.36. The van der Waals surface area contributed by atoms with Crippen LogP contribution in [0, 0.1) is 0 Å². The molecule has 2 atom stereocenters. The molecular weight excluding hydrogens is 1050 g/mol. The van der Waals surface area contributed by atoms with Crippen LogP contribution in [0.3, 0.4) is 0 Å². The van der Waals surface area contributed by atoms with Gasteiger partial charge in [-0.15, -0.1) is 0 Å². The van der Waals surface area contributed by atoms with Gasteiger partial charge >= 0.3 is 0 Å². The zero-order chi connectivity index (χ0) is 57.3. The summed E-state index contributed by atoms with van der Waals surface area (Å²) >= 11 is 4.71. The number of rotatable bonds is 18. The molecule has 432 valence electrons. The Bertz CT molecular complexity index is 3110. The molecule has 4 aliphatic rings. The van der Waals surface area contributed by atoms with Crippen LogP contribution in [-0.2, 0) is 32.2 Å². The van der Waals surface area contributed by atoms with E-state index in [-0.39, 0.29) is 53.7 Å². The number of ether oxygens (including phenoxy) is 2. The monoisotopic (exact) mass is 1130 g/mol. The standard InChI is InChI=1S/C29H38N8O3.C26H36N8O2.C3H3ClO/c1-4-25(38)36-12-6-9-23(18-36)32-27(39)21-8-5-7-20(15-21)16-30-29-35-28(33-22-10-13-40-14-11-22)34-26-24(19(2)3)17-31-37(26)29;1-17(2)22-16-29-34-23(22)32-25(31-20-8-11-36-12-9-20)33-26(34)28-14-18-5-3-6-19(13-18)24(35)30-21-7-4-10-27-15-21;1-2-3(4)5/h4-5,7-8,15,17,19,22-23H,1,6,9-14,16,18H2,2-3H3,(H,32,39)(H2,30,33,34,35);3,5-6,13,16-17,20-21,27H,4,7-12,14-15H2,1-2H3,(H,30,35)(H2,28,31,32,33);2H,1H2/t23-;21-;/m00./s1. The van der Waals surface area contributed by atoms with Crippen LogP contribution in [0.15, 0.2) is 86.2 Å². The van der Waals surface area contributed by atoms with E-state index in [4.69, 9.17) is 41.0 Å². The van der Waals surface area contributed by atoms with Crippen molar-refractivity contribution in [2.45, 2.75) is 128 Å². The predicted octanol–water partition coefficient (Wildman–Crippen LogP) is 7.23. The van der Waals surface area contributed by atoms with E-state index in [0.29, 0.717) is 61.1 Å². The molecular formula is C58H77ClN16O6. The van der Waals surface area contributed by atoms with Gasteiger partial charge in [0.05, 0.1) is 12.4 Å². The van der Waals surface area contributed by atoms with E-state index in [1.54, 1.807) is 20.0 Å². The number of aromatic nitrogens is 8. The molecule has 0 radical (unpaired) electrons. The van der Waals surface area contributed by atoms with Crippen molar-refractivity contribution in [2.24, 2.45) is 0 Å². The van der Waals surface area contributed by atoms with Crippen molar-refractivity contribution in [3.05, 3.63) is 120 Å². The molecule has 3 amide bonds. The Hall–Kier alpha value is -7.53. The van der Waals surface area contributed by atoms with Gasteiger partial charge in [0.15, 0.2) is 11.3 Å². The fraction of sp³-hybridized carbons (Fsp3) is 0.483. The summed E-state index contributed by atoms with van der Waals surface area (Å²) in [5.74, 6) is 2.61. The molecule has 0 saturated carbocycles. The number of piperidine rings is 2. The highest BCUT2D eigenvalue weighted by molar-refractivity contribution is 6.66. The van der Waals surface area contributed by atoms with Gasteiger partial charge in [-0.2, -0.15) is 39.2 Å². The number of likely N-dealkylation sites (tertiary alicyclic amines) is 1. The first-order chi connectivity index (χ1) is 39.2. The minimum absolute atomic E-state index is 0.0356. The minimum atomic E-state index is -0.509. The number of halogens is 1. The number of amides is 3. The Balaban J connectivity index is 0.000000197. The first kappa shape index (κ1) is 59.6. The number of hydrogen-bond acceptors (Lipinski definition) is 17. The molecule has 4 saturated heterocycles. The van der Waals surface area contributed by atoms with Crippen LogP contribution < -0.4 is 37.2 Å². The maximum atomic E-state index is 13.1. The van der Waals surface area contributed by atoms with Gasteiger partial charge in [-0.1, -0.05) is 65.1 Å². The maximum Gasteiger partial charge on any atom is 0.251 e. The molecule has 0 aliphatic carbocycles. The number of nitrogens with zero attached hydrogens (tertiary/aromatic N) is 9. The van der Waals surface area contributed by atoms with E-state index in [9.17, 15) is 19.2 Å². The van der Waals surface area contributed by atoms with Gasteiger partial charge in [-0.25, -0.2) is 0 Å². The molecule has 6 aromatic rings. The van der Waals surface area contributed by atoms with Crippen LogP contribution >= 0.6 is 11.6 Å². The van der Waals surface area contributed by atoms with Crippen molar-refractivity contribution in [2.75, 3.05) is 73.9 Å². The van der Waals surface area contributed by atoms with E-state index < -0.39 is 5.24 Å². The topological polar surface area (TPSA) is 260 Å². The second-order valence-electron chi connectivity index (χ2n) is 21.2. The van der Waals surface area contributed by atoms with Gasteiger partial charge in [0.1, 0.15) is 0 Å². The Morgan fingerprint density at radius 2 is 1.15 bits per heavy atom. The van der Waals surface area contributed by atoms with Crippen molar-refractivity contribution in [3.63, 3.8) is 0 Å². The summed E-state index contributed by atoms with van der Waals surface area (Å²) in [6, 6.07) is 15.9. The van der Waals surface area contributed by atoms with E-state index in [2.05, 4.69) is 88.3 Å². The highest BCUT2D eigenvalue weighted by Gasteiger charge is 2.25. The number of anilines is 4. The molecule has 4 aliphatic heterocycles. The molecule has 4 aromatic heterocycles. The van der Waals surface area contributed by atoms with Crippen LogP contribution in [0.2, 0.25) is 0 Å². The number of allylic oxidation sites excluding steroid dienone is 1. The third-order valence-electron chi connectivity index (χ3n) is 14.5. The molecule has 23 heteroatoms. The lowest BCUT2D eigenvalue weighted by atomic mass is 10.0. The predicted molar refractivity (Wildman–Crippen MR) is 314 cm³/mol. The summed E-state index contributed by atoms with van der Waals surface area (Å²) in [6.45, 7) is 22.1. The van der Waals surface area contributed by atoms with Gasteiger partial charge in [-0.3, -0.25) is 19.2 Å². The summed E-state index contributed by atoms with van der Waals surface area (Å²) in [4.78, 5) is 68.2. The molecule has 7 N–H and O–H groups in total. The second-order valence-corrected chi connectivity index (χ2v) is 21.6. The quantitative estimate of drug-likeness (QED) is 0.0331. The van der Waals surface area contributed by atoms with Gasteiger partial charge in [-0.05, 0) is 129 Å². The molecule has 0 spiro atoms. The van der Waals surface area contributed by atoms with E-state index in [1.165, 1.54) is 6.08 Å². The van der Waals surface area contributed by atoms with Gasteiger partial charge in [0.2, 0.25) is 34.9 Å². The van der Waals surface area contributed by atoms with Crippen LogP contribution in [0.5, 0.6) is 0 Å². The third-order valence-corrected chi connectivity index (χ3v) is 14.6. The zero-order valence-corrected chi connectivity index (χ0v) is 47.6. The van der Waals surface area contributed by atoms with Crippen LogP contribution in [0.25, 0.3) is 11.3 Å². The van der Waals surface area contributed by atoms with Gasteiger partial charge in [0, 0.05) is 106 Å². The first-order valence-corrected chi connectivity index (χ1v) is 28.5. The fourth-order valence-corrected chi connectivity index (χ4v) is 9.95. The molecule has 0 bridgehead atoms. The van der Waals surface area contributed by atoms with Crippen molar-refractivity contribution in [3.8, 4) is 0 Å². The molecule has 8 heterocycles. The highest BCUT2D eigenvalue weighted by atomic mass is 35.5. The fourth-order valence-electron chi connectivity index (χ4n) is 9.95. The number of hydrogen-bond donors (Lipinski definition) is 7. The summed E-state index contributed by atoms with van der Waals surface area (Å²) in [5.41, 5.74) is 6.85. The lowest BCUT2D eigenvalue weighted by Gasteiger charge is -2.32. The number of carbonyl (C=O) groups excluding carboxylic acids is 4. The van der Waals surface area contributed by atoms with E-state index in [1.807, 2.05) is 54.9 Å². The molecule has 2 aromatic carbocycles. The molecule has 81 heavy (non-hydrogen) atoms. The Kier molecular flexibility index (Phi) is 21.5. The average molecular weight is 1130 g/mol. The van der Waals surface area contributed by atoms with E-state index >= 15 is 0 Å². The third kappa shape index (κ3) is 16.8. The second kappa shape index (κ2) is 29.3. The Labute approximate surface area is 478 Å². The zero-order valence-electron chi connectivity index (χ0n) is 46.9. The summed E-state index contributed by atoms with van der Waals surface area (Å²) in [7, 11) is 0. The van der Waals surface area contributed by atoms with Gasteiger partial charge in [0.25, 0.3) is 11.8 Å². The Morgan fingerprint density at radius 3 is 1.59 bits per heavy atom. The normalized spacial score (nSPS) is 17.7. The molecule has 10 rings (SSSR count). The van der Waals surface area contributed by atoms with Crippen LogP contribution in [-0.4, -0.2) is 144 Å². The summed E-state index contributed by atoms with van der Waals surface area (Å²) < 4.78 is 14.5. The Morgan fingerprint density at radius 1 is 0.667 bits per heavy atom. The number of fused-ring (bicyclic) bond motifs is 2. The minimum Gasteiger partial charge on any atom is -0.381 e. The number of benzene rings is 2. The molecule has 4 fully saturated rings. The van der Waals surface area contributed by atoms with Crippen molar-refractivity contribution < 1.29 is 28.7 Å². The molecule has 0 unspecified atom stereocenters. The molecule has 22 nitrogen and oxygen atoms in total. The largest absolute Gasteiger partial charge is 0.381 e. The van der Waals surface area contributed by atoms with E-state index in [0.717, 1.165) is 131 Å². The number of nitrogens with one attached hydrogen (secondary N) is 7. The SMILES string of the molecule is C=CC(=O)Cl.C=CC(=O)N1CCC[C@H](NC(=O)c2cccc(CNc3nc(NC4CCOCC4)nc4c(C(C)C)cnn34)c2)C1.CC(C)c1cnn2c(NCc3cccc(C(=O)N[C@H]4CCCNC4)c3)nc(NC3CCOCC3)nc12. The van der Waals surface area contributed by atoms with Gasteiger partial charge < -0.3 is 51.6 Å². The van der Waals surface area contributed by atoms with Crippen molar-refractivity contribution in [1.82, 2.24) is 60.0 Å². The summed E-state index contributed by atoms with van der Waals surface area (Å²) in [6.07, 6.45) is 13.5. The van der Waals surface area contributed by atoms with Crippen molar-refractivity contribution in [1.29, 1.82) is 0 Å². The lowest BCUT2D eigenvalue weighted by Crippen LogP contribution is -2.49. The van der Waals surface area contributed by atoms with Crippen LogP contribution in [0.4, 0.5) is 23.8 Å². The highest BCUT2D eigenvalue weighted by Crippen LogP contribution is 2.26. The number of carbonyl (C=O) groups is 4. The summed E-state index contributed by atoms with van der Waals surface area (Å²) in [5, 5.41) is 32.0.